The number of halogens is 1. The minimum Gasteiger partial charge on any atom is -0.398 e. The van der Waals surface area contributed by atoms with Crippen LogP contribution in [0.4, 0.5) is 0 Å². The first-order valence-corrected chi connectivity index (χ1v) is 7.34. The molecule has 2 aliphatic rings. The van der Waals surface area contributed by atoms with Crippen molar-refractivity contribution in [3.8, 4) is 0 Å². The summed E-state index contributed by atoms with van der Waals surface area (Å²) in [5.41, 5.74) is 6.59. The molecule has 6 heteroatoms. The Bertz CT molecular complexity index is 542. The summed E-state index contributed by atoms with van der Waals surface area (Å²) in [6.45, 7) is 8.09. The SMILES string of the molecule is CC1(C)OB(c2ccc(Cl)c(C3(N)CC3)n2)OC1(C)C. The quantitative estimate of drug-likeness (QED) is 0.848. The monoisotopic (exact) mass is 294 g/mol. The summed E-state index contributed by atoms with van der Waals surface area (Å²) >= 11 is 6.22. The van der Waals surface area contributed by atoms with Crippen molar-refractivity contribution in [2.45, 2.75) is 57.3 Å². The minimum atomic E-state index is -0.474. The highest BCUT2D eigenvalue weighted by Gasteiger charge is 2.53. The average Bonchev–Trinajstić information content (AvgIpc) is 3.02. The Balaban J connectivity index is 1.93. The van der Waals surface area contributed by atoms with Gasteiger partial charge in [0.1, 0.15) is 0 Å². The molecule has 0 unspecified atom stereocenters. The summed E-state index contributed by atoms with van der Waals surface area (Å²) in [6.07, 6.45) is 1.85. The smallest absolute Gasteiger partial charge is 0.398 e. The lowest BCUT2D eigenvalue weighted by Gasteiger charge is -2.32. The van der Waals surface area contributed by atoms with E-state index in [0.717, 1.165) is 24.1 Å². The van der Waals surface area contributed by atoms with E-state index in [1.165, 1.54) is 0 Å². The van der Waals surface area contributed by atoms with Gasteiger partial charge in [-0.1, -0.05) is 11.6 Å². The third kappa shape index (κ3) is 2.17. The van der Waals surface area contributed by atoms with E-state index in [9.17, 15) is 0 Å². The zero-order chi connectivity index (χ0) is 14.8. The van der Waals surface area contributed by atoms with Crippen molar-refractivity contribution < 1.29 is 9.31 Å². The molecule has 0 atom stereocenters. The maximum absolute atomic E-state index is 6.22. The number of aromatic nitrogens is 1. The largest absolute Gasteiger partial charge is 0.514 e. The minimum absolute atomic E-state index is 0.364. The third-order valence-corrected chi connectivity index (χ3v) is 4.93. The van der Waals surface area contributed by atoms with Crippen molar-refractivity contribution in [1.82, 2.24) is 4.98 Å². The van der Waals surface area contributed by atoms with E-state index >= 15 is 0 Å². The number of hydrogen-bond acceptors (Lipinski definition) is 4. The Hall–Kier alpha value is -0.615. The van der Waals surface area contributed by atoms with Crippen LogP contribution in [-0.4, -0.2) is 23.3 Å². The van der Waals surface area contributed by atoms with Gasteiger partial charge >= 0.3 is 7.12 Å². The number of rotatable bonds is 2. The van der Waals surface area contributed by atoms with Crippen LogP contribution in [0.25, 0.3) is 0 Å². The number of hydrogen-bond donors (Lipinski definition) is 1. The number of nitrogens with zero attached hydrogens (tertiary/aromatic N) is 1. The van der Waals surface area contributed by atoms with Crippen LogP contribution in [0.5, 0.6) is 0 Å². The van der Waals surface area contributed by atoms with Crippen LogP contribution in [0, 0.1) is 0 Å². The summed E-state index contributed by atoms with van der Waals surface area (Å²) in [5.74, 6) is 0. The summed E-state index contributed by atoms with van der Waals surface area (Å²) in [5, 5.41) is 0.616. The fourth-order valence-electron chi connectivity index (χ4n) is 2.27. The molecule has 108 valence electrons. The summed E-state index contributed by atoms with van der Waals surface area (Å²) < 4.78 is 12.0. The Morgan fingerprint density at radius 3 is 2.20 bits per heavy atom. The molecule has 4 nitrogen and oxygen atoms in total. The molecule has 2 N–H and O–H groups in total. The molecule has 0 spiro atoms. The predicted octanol–water partition coefficient (Wildman–Crippen LogP) is 1.98. The first kappa shape index (κ1) is 14.3. The van der Waals surface area contributed by atoms with Crippen molar-refractivity contribution in [2.75, 3.05) is 0 Å². The molecule has 3 rings (SSSR count). The van der Waals surface area contributed by atoms with Gasteiger partial charge in [0, 0.05) is 0 Å². The van der Waals surface area contributed by atoms with Crippen molar-refractivity contribution in [3.05, 3.63) is 22.8 Å². The Morgan fingerprint density at radius 2 is 1.70 bits per heavy atom. The van der Waals surface area contributed by atoms with Crippen molar-refractivity contribution >= 4 is 24.3 Å². The molecule has 0 amide bonds. The zero-order valence-corrected chi connectivity index (χ0v) is 13.1. The van der Waals surface area contributed by atoms with Crippen LogP contribution in [0.2, 0.25) is 5.02 Å². The Labute approximate surface area is 125 Å². The van der Waals surface area contributed by atoms with Crippen molar-refractivity contribution in [3.63, 3.8) is 0 Å². The molecule has 1 aromatic heterocycles. The maximum Gasteiger partial charge on any atom is 0.514 e. The molecule has 2 fully saturated rings. The topological polar surface area (TPSA) is 57.4 Å². The van der Waals surface area contributed by atoms with Gasteiger partial charge in [-0.25, -0.2) is 0 Å². The number of pyridine rings is 1. The molecule has 0 radical (unpaired) electrons. The molecule has 1 saturated heterocycles. The molecule has 1 aliphatic carbocycles. The van der Waals surface area contributed by atoms with Gasteiger partial charge in [-0.2, -0.15) is 0 Å². The lowest BCUT2D eigenvalue weighted by molar-refractivity contribution is 0.00578. The molecule has 1 aliphatic heterocycles. The molecule has 20 heavy (non-hydrogen) atoms. The van der Waals surface area contributed by atoms with Crippen LogP contribution in [0.1, 0.15) is 46.2 Å². The lowest BCUT2D eigenvalue weighted by Crippen LogP contribution is -2.41. The van der Waals surface area contributed by atoms with E-state index in [4.69, 9.17) is 26.6 Å². The standard InChI is InChI=1S/C14H20BClN2O2/c1-12(2)13(3,4)20-15(19-12)10-6-5-9(16)11(18-10)14(17)7-8-14/h5-6H,7-8,17H2,1-4H3. The first-order chi connectivity index (χ1) is 9.15. The average molecular weight is 295 g/mol. The highest BCUT2D eigenvalue weighted by atomic mass is 35.5. The molecule has 2 heterocycles. The highest BCUT2D eigenvalue weighted by molar-refractivity contribution is 6.61. The summed E-state index contributed by atoms with van der Waals surface area (Å²) in [6, 6.07) is 3.68. The van der Waals surface area contributed by atoms with Gasteiger partial charge in [0.05, 0.1) is 33.1 Å². The molecule has 1 aromatic rings. The fourth-order valence-corrected chi connectivity index (χ4v) is 2.57. The molecule has 0 aromatic carbocycles. The van der Waals surface area contributed by atoms with E-state index in [-0.39, 0.29) is 16.7 Å². The van der Waals surface area contributed by atoms with Gasteiger partial charge in [0.2, 0.25) is 0 Å². The van der Waals surface area contributed by atoms with E-state index < -0.39 is 7.12 Å². The second-order valence-electron chi connectivity index (χ2n) is 6.81. The fraction of sp³-hybridized carbons (Fsp3) is 0.643. The van der Waals surface area contributed by atoms with Gasteiger partial charge in [0.15, 0.2) is 0 Å². The van der Waals surface area contributed by atoms with E-state index in [0.29, 0.717) is 5.02 Å². The van der Waals surface area contributed by atoms with Crippen molar-refractivity contribution in [2.24, 2.45) is 5.73 Å². The van der Waals surface area contributed by atoms with Gasteiger partial charge in [-0.3, -0.25) is 4.98 Å². The van der Waals surface area contributed by atoms with Crippen LogP contribution in [0.3, 0.4) is 0 Å². The summed E-state index contributed by atoms with van der Waals surface area (Å²) in [7, 11) is -0.474. The van der Waals surface area contributed by atoms with Gasteiger partial charge in [-0.05, 0) is 52.7 Å². The van der Waals surface area contributed by atoms with E-state index in [1.54, 1.807) is 0 Å². The maximum atomic E-state index is 6.22. The normalized spacial score (nSPS) is 25.8. The van der Waals surface area contributed by atoms with Crippen LogP contribution >= 0.6 is 11.6 Å². The van der Waals surface area contributed by atoms with E-state index in [1.807, 2.05) is 39.8 Å². The van der Waals surface area contributed by atoms with Crippen LogP contribution in [0.15, 0.2) is 12.1 Å². The van der Waals surface area contributed by atoms with Crippen LogP contribution in [-0.2, 0) is 14.8 Å². The van der Waals surface area contributed by atoms with Gasteiger partial charge in [-0.15, -0.1) is 0 Å². The Kier molecular flexibility index (Phi) is 3.01. The molecular formula is C14H20BClN2O2. The molecule has 0 bridgehead atoms. The lowest BCUT2D eigenvalue weighted by atomic mass is 9.84. The van der Waals surface area contributed by atoms with Crippen LogP contribution < -0.4 is 11.3 Å². The third-order valence-electron chi connectivity index (χ3n) is 4.62. The second-order valence-corrected chi connectivity index (χ2v) is 7.22. The number of nitrogens with two attached hydrogens (primary N) is 1. The zero-order valence-electron chi connectivity index (χ0n) is 12.4. The predicted molar refractivity (Wildman–Crippen MR) is 80.1 cm³/mol. The highest BCUT2D eigenvalue weighted by Crippen LogP contribution is 2.44. The van der Waals surface area contributed by atoms with E-state index in [2.05, 4.69) is 4.98 Å². The Morgan fingerprint density at radius 1 is 1.15 bits per heavy atom. The molecule has 1 saturated carbocycles. The second kappa shape index (κ2) is 4.20. The van der Waals surface area contributed by atoms with Gasteiger partial charge in [0.25, 0.3) is 0 Å². The molecular weight excluding hydrogens is 274 g/mol. The van der Waals surface area contributed by atoms with Gasteiger partial charge < -0.3 is 15.0 Å². The first-order valence-electron chi connectivity index (χ1n) is 6.96. The van der Waals surface area contributed by atoms with Crippen molar-refractivity contribution in [1.29, 1.82) is 0 Å². The summed E-state index contributed by atoms with van der Waals surface area (Å²) in [4.78, 5) is 4.61.